The van der Waals surface area contributed by atoms with Gasteiger partial charge in [-0.3, -0.25) is 0 Å². The Kier molecular flexibility index (Phi) is 4.60. The highest BCUT2D eigenvalue weighted by atomic mass is 14.2. The highest BCUT2D eigenvalue weighted by Gasteiger charge is 2.20. The van der Waals surface area contributed by atoms with E-state index in [4.69, 9.17) is 49.3 Å². The Hall–Kier alpha value is -10.9. The highest BCUT2D eigenvalue weighted by Crippen LogP contribution is 2.48. The summed E-state index contributed by atoms with van der Waals surface area (Å²) in [6.45, 7) is 0. The van der Waals surface area contributed by atoms with Crippen LogP contribution in [0.5, 0.6) is 0 Å². The Balaban J connectivity index is 0.000000200. The fourth-order valence-corrected chi connectivity index (χ4v) is 9.88. The zero-order valence-electron chi connectivity index (χ0n) is 96.0. The van der Waals surface area contributed by atoms with E-state index in [9.17, 15) is 24.7 Å². The van der Waals surface area contributed by atoms with Crippen LogP contribution in [-0.2, 0) is 0 Å². The molecular weight excluding hydrogens is 1010 g/mol. The lowest BCUT2D eigenvalue weighted by Crippen LogP contribution is -1.92. The van der Waals surface area contributed by atoms with Crippen molar-refractivity contribution in [3.8, 4) is 66.8 Å². The van der Waals surface area contributed by atoms with Gasteiger partial charge >= 0.3 is 0 Å². The van der Waals surface area contributed by atoms with Crippen LogP contribution < -0.4 is 0 Å². The molecule has 0 amide bonds. The van der Waals surface area contributed by atoms with E-state index in [1.807, 2.05) is 0 Å². The van der Waals surface area contributed by atoms with Gasteiger partial charge in [0, 0.05) is 0 Å². The first-order chi connectivity index (χ1) is 64.2. The summed E-state index contributed by atoms with van der Waals surface area (Å²) in [6.07, 6.45) is 0. The van der Waals surface area contributed by atoms with E-state index in [0.29, 0.717) is 0 Å². The van der Waals surface area contributed by atoms with Crippen molar-refractivity contribution < 1.29 is 74.0 Å². The summed E-state index contributed by atoms with van der Waals surface area (Å²) in [5.74, 6) is 0. The quantitative estimate of drug-likeness (QED) is 0.115. The molecule has 0 nitrogen and oxygen atoms in total. The zero-order chi connectivity index (χ0) is 102. The van der Waals surface area contributed by atoms with Gasteiger partial charge in [0.25, 0.3) is 0 Å². The third-order valence-electron chi connectivity index (χ3n) is 13.4. The number of hydrogen-bond acceptors (Lipinski definition) is 0. The first-order valence-electron chi connectivity index (χ1n) is 51.8. The molecule has 0 saturated carbocycles. The van der Waals surface area contributed by atoms with Crippen LogP contribution in [0.15, 0.2) is 326 Å². The second-order valence-electron chi connectivity index (χ2n) is 18.0. The van der Waals surface area contributed by atoms with E-state index in [-0.39, 0.29) is 0 Å². The lowest BCUT2D eigenvalue weighted by Gasteiger charge is -2.19. The molecule has 17 rings (SSSR count). The van der Waals surface area contributed by atoms with Gasteiger partial charge in [-0.05, 0) is 188 Å². The molecule has 0 aliphatic carbocycles. The normalized spacial score (nSPS) is 20.6. The maximum atomic E-state index is 9.83. The maximum absolute atomic E-state index is 9.83. The van der Waals surface area contributed by atoms with Crippen LogP contribution in [0.3, 0.4) is 0 Å². The van der Waals surface area contributed by atoms with Crippen molar-refractivity contribution in [3.63, 3.8) is 0 Å². The summed E-state index contributed by atoms with van der Waals surface area (Å²) < 4.78 is 482. The second-order valence-corrected chi connectivity index (χ2v) is 18.0. The summed E-state index contributed by atoms with van der Waals surface area (Å²) in [5, 5.41) is -11.9. The second kappa shape index (κ2) is 20.6. The first kappa shape index (κ1) is 18.8. The molecule has 0 fully saturated rings. The number of hydrogen-bond donors (Lipinski definition) is 0. The molecule has 0 radical (unpaired) electrons. The molecule has 390 valence electrons. The molecule has 0 atom stereocenters. The molecular formula is C84H54. The summed E-state index contributed by atoms with van der Waals surface area (Å²) in [7, 11) is 0. The first-order valence-corrected chi connectivity index (χ1v) is 24.8. The predicted octanol–water partition coefficient (Wildman–Crippen LogP) is 23.8. The van der Waals surface area contributed by atoms with E-state index in [2.05, 4.69) is 0 Å². The van der Waals surface area contributed by atoms with Crippen LogP contribution in [0.2, 0.25) is 0 Å². The number of rotatable bonds is 6. The Bertz CT molecular complexity index is 8600. The van der Waals surface area contributed by atoms with Gasteiger partial charge in [0.05, 0.1) is 74.0 Å². The van der Waals surface area contributed by atoms with E-state index in [1.165, 1.54) is 0 Å². The predicted molar refractivity (Wildman–Crippen MR) is 363 cm³/mol. The van der Waals surface area contributed by atoms with Crippen LogP contribution in [0, 0.1) is 0 Å². The molecule has 84 heavy (non-hydrogen) atoms. The minimum atomic E-state index is -1.11. The van der Waals surface area contributed by atoms with Crippen molar-refractivity contribution in [2.75, 3.05) is 0 Å². The zero-order valence-corrected chi connectivity index (χ0v) is 42.0. The van der Waals surface area contributed by atoms with Crippen LogP contribution in [0.25, 0.3) is 164 Å². The smallest absolute Gasteiger partial charge is 0.0616 e. The number of fused-ring (bicyclic) bond motifs is 10. The Morgan fingerprint density at radius 3 is 0.881 bits per heavy atom. The topological polar surface area (TPSA) is 0 Å². The molecule has 17 aromatic rings. The van der Waals surface area contributed by atoms with E-state index in [0.717, 1.165) is 0 Å². The molecule has 0 bridgehead atoms. The van der Waals surface area contributed by atoms with Gasteiger partial charge in [-0.1, -0.05) is 302 Å². The summed E-state index contributed by atoms with van der Waals surface area (Å²) >= 11 is 0. The summed E-state index contributed by atoms with van der Waals surface area (Å²) in [4.78, 5) is 0. The maximum Gasteiger partial charge on any atom is 0.0636 e. The van der Waals surface area contributed by atoms with Crippen LogP contribution in [0.1, 0.15) is 74.0 Å². The average Bonchev–Trinajstić information content (AvgIpc) is 0.687. The average molecular weight is 1120 g/mol. The van der Waals surface area contributed by atoms with Gasteiger partial charge in [0.15, 0.2) is 0 Å². The van der Waals surface area contributed by atoms with Crippen molar-refractivity contribution in [3.05, 3.63) is 326 Å². The molecule has 0 aliphatic heterocycles. The Morgan fingerprint density at radius 2 is 0.417 bits per heavy atom. The molecule has 17 aromatic carbocycles. The molecule has 0 saturated heterocycles. The minimum absolute atomic E-state index is 0.494. The van der Waals surface area contributed by atoms with E-state index >= 15 is 0 Å². The SMILES string of the molecule is [2H]c1c([2H])c(-c2c([2H])c([2H])c3c([2H])c([2H])c([2H])c([2H])c3c2[2H])c([2H])c(-c2c3c([2H])c([2H])c([2H])c([2H])c3c(-c3c([2H])c([2H])c([2H])c4c([2H])c([2H])c([2H])c([2H])c34)c3c([2H])c([2H])c([2H])c([2H])c23)c1[2H].[2H]c1c([2H])c(-c2c([2H])c([2H])c3c(c2[2H])c([2H])c([2H])c2c([2H])c([2H])c([2H])c([2H])c23)c([2H])c(-c2c3c([2H])c([2H])c([2H])c([2H])c3c(-c3c([2H])c([2H])c([2H])c4c([2H])c([2H])c([2H])c([2H])c34)c3c([2H])c([2H])c([2H])c([2H])c23)c1[2H]. The van der Waals surface area contributed by atoms with Crippen LogP contribution in [-0.4, -0.2) is 0 Å². The fraction of sp³-hybridized carbons (Fsp3) is 0. The van der Waals surface area contributed by atoms with E-state index in [1.54, 1.807) is 0 Å². The van der Waals surface area contributed by atoms with Gasteiger partial charge in [0.2, 0.25) is 0 Å². The Labute approximate surface area is 564 Å². The molecule has 0 aromatic heterocycles. The van der Waals surface area contributed by atoms with Gasteiger partial charge in [-0.15, -0.1) is 0 Å². The fourth-order valence-electron chi connectivity index (χ4n) is 9.88. The van der Waals surface area contributed by atoms with Gasteiger partial charge in [-0.25, -0.2) is 0 Å². The lowest BCUT2D eigenvalue weighted by atomic mass is 9.84. The lowest BCUT2D eigenvalue weighted by molar-refractivity contribution is 1.63. The highest BCUT2D eigenvalue weighted by molar-refractivity contribution is 6.25. The largest absolute Gasteiger partial charge is 0.0636 e. The molecule has 0 spiro atoms. The van der Waals surface area contributed by atoms with Crippen molar-refractivity contribution in [1.29, 1.82) is 0 Å². The summed E-state index contributed by atoms with van der Waals surface area (Å²) in [5.41, 5.74) is -9.59. The van der Waals surface area contributed by atoms with E-state index < -0.39 is 490 Å². The van der Waals surface area contributed by atoms with Crippen molar-refractivity contribution >= 4 is 97.0 Å². The van der Waals surface area contributed by atoms with Crippen molar-refractivity contribution in [1.82, 2.24) is 0 Å². The Morgan fingerprint density at radius 1 is 0.143 bits per heavy atom. The van der Waals surface area contributed by atoms with Crippen molar-refractivity contribution in [2.45, 2.75) is 0 Å². The molecule has 0 unspecified atom stereocenters. The molecule has 0 N–H and O–H groups in total. The number of benzene rings is 17. The minimum Gasteiger partial charge on any atom is -0.0616 e. The summed E-state index contributed by atoms with van der Waals surface area (Å²) in [6, 6.07) is -50.8. The standard InChI is InChI=1S/C44H28.C40H26/c1-4-17-36-29(11-1)13-10-22-38(36)44-41-20-7-5-18-39(41)43(40-19-6-8-21-42(40)44)34-15-9-14-31(28-34)32-25-26-37-33(27-32)24-23-30-12-2-3-16-35(30)37;1-2-13-29-25-31(24-23-27(29)11-1)30-15-9-16-32(26-30)39-35-18-5-7-20-37(35)40(38-21-8-6-19-36(38)39)34-22-10-14-28-12-3-4-17-33(28)34/h1-28H;1-26H/i1D,2D,3D,4D,5D,6D,7D,8D,9D,10D,11D,12D,13D,14D,15D,16D,17D,18D,19D,20D,21D,22D,23D,24D,25D,26D,27D,28D;1D,2D,3D,4D,5D,6D,7D,8D,9D,10D,11D,12D,13D,14D,15D,16D,17D,18D,19D,20D,21D,22D,23D,24D,25D,26D. The third-order valence-corrected chi connectivity index (χ3v) is 13.4. The van der Waals surface area contributed by atoms with Crippen molar-refractivity contribution in [2.24, 2.45) is 0 Å². The molecule has 0 heterocycles. The van der Waals surface area contributed by atoms with Crippen LogP contribution >= 0.6 is 0 Å². The monoisotopic (exact) mass is 1120 g/mol. The van der Waals surface area contributed by atoms with Gasteiger partial charge in [0.1, 0.15) is 0 Å². The molecule has 0 heteroatoms. The molecule has 0 aliphatic rings. The van der Waals surface area contributed by atoms with Gasteiger partial charge < -0.3 is 0 Å². The third kappa shape index (κ3) is 8.38. The van der Waals surface area contributed by atoms with Crippen LogP contribution in [0.4, 0.5) is 0 Å². The van der Waals surface area contributed by atoms with Gasteiger partial charge in [-0.2, -0.15) is 0 Å².